The summed E-state index contributed by atoms with van der Waals surface area (Å²) in [6.07, 6.45) is 3.25. The number of methoxy groups -OCH3 is 1. The molecule has 0 unspecified atom stereocenters. The van der Waals surface area contributed by atoms with Gasteiger partial charge in [0, 0.05) is 25.8 Å². The zero-order valence-corrected chi connectivity index (χ0v) is 13.5. The summed E-state index contributed by atoms with van der Waals surface area (Å²) in [6, 6.07) is 5.90. The van der Waals surface area contributed by atoms with Gasteiger partial charge < -0.3 is 14.0 Å². The van der Waals surface area contributed by atoms with E-state index in [0.717, 1.165) is 55.2 Å². The number of imidazole rings is 1. The van der Waals surface area contributed by atoms with Crippen molar-refractivity contribution in [3.05, 3.63) is 24.0 Å². The molecule has 4 nitrogen and oxygen atoms in total. The van der Waals surface area contributed by atoms with Gasteiger partial charge in [0.25, 0.3) is 0 Å². The van der Waals surface area contributed by atoms with E-state index in [2.05, 4.69) is 16.5 Å². The molecule has 2 rings (SSSR count). The topological polar surface area (TPSA) is 36.3 Å². The molecule has 0 aliphatic heterocycles. The molecule has 0 bridgehead atoms. The van der Waals surface area contributed by atoms with Crippen molar-refractivity contribution in [2.45, 2.75) is 38.6 Å². The van der Waals surface area contributed by atoms with Gasteiger partial charge in [-0.2, -0.15) is 0 Å². The Hall–Kier alpha value is -1.26. The van der Waals surface area contributed by atoms with Crippen molar-refractivity contribution in [3.63, 3.8) is 0 Å². The van der Waals surface area contributed by atoms with Gasteiger partial charge in [0.15, 0.2) is 0 Å². The van der Waals surface area contributed by atoms with Crippen LogP contribution in [0.3, 0.4) is 0 Å². The summed E-state index contributed by atoms with van der Waals surface area (Å²) in [5.74, 6) is 2.14. The summed E-state index contributed by atoms with van der Waals surface area (Å²) >= 11 is 6.01. The van der Waals surface area contributed by atoms with Crippen LogP contribution in [-0.4, -0.2) is 29.9 Å². The molecule has 0 N–H and O–H groups in total. The van der Waals surface area contributed by atoms with E-state index >= 15 is 0 Å². The Bertz CT molecular complexity index is 569. The minimum atomic E-state index is 0.410. The number of unbranched alkanes of at least 4 members (excludes halogenated alkanes) is 1. The number of halogens is 1. The van der Waals surface area contributed by atoms with Crippen LogP contribution in [0.5, 0.6) is 5.75 Å². The second kappa shape index (κ2) is 8.25. The second-order valence-corrected chi connectivity index (χ2v) is 5.25. The third-order valence-corrected chi connectivity index (χ3v) is 3.71. The highest BCUT2D eigenvalue weighted by Crippen LogP contribution is 2.23. The molecule has 1 heterocycles. The van der Waals surface area contributed by atoms with Crippen molar-refractivity contribution in [1.29, 1.82) is 0 Å². The zero-order chi connectivity index (χ0) is 15.1. The van der Waals surface area contributed by atoms with Crippen LogP contribution in [0.2, 0.25) is 0 Å². The van der Waals surface area contributed by atoms with Crippen molar-refractivity contribution in [2.24, 2.45) is 0 Å². The van der Waals surface area contributed by atoms with Crippen LogP contribution in [0.1, 0.15) is 32.0 Å². The highest BCUT2D eigenvalue weighted by molar-refractivity contribution is 6.16. The summed E-state index contributed by atoms with van der Waals surface area (Å²) < 4.78 is 13.1. The number of rotatable bonds is 9. The maximum atomic E-state index is 6.01. The minimum absolute atomic E-state index is 0.410. The first-order valence-electron chi connectivity index (χ1n) is 7.47. The molecule has 0 amide bonds. The quantitative estimate of drug-likeness (QED) is 0.519. The molecule has 0 saturated heterocycles. The fourth-order valence-corrected chi connectivity index (χ4v) is 2.51. The van der Waals surface area contributed by atoms with Crippen LogP contribution < -0.4 is 4.74 Å². The molecular formula is C16H23ClN2O2. The Kier molecular flexibility index (Phi) is 6.33. The molecule has 5 heteroatoms. The summed E-state index contributed by atoms with van der Waals surface area (Å²) in [6.45, 7) is 4.64. The molecule has 1 aromatic heterocycles. The molecule has 0 saturated carbocycles. The van der Waals surface area contributed by atoms with Crippen molar-refractivity contribution in [2.75, 3.05) is 20.3 Å². The third kappa shape index (κ3) is 4.11. The predicted molar refractivity (Wildman–Crippen MR) is 86.2 cm³/mol. The third-order valence-electron chi connectivity index (χ3n) is 3.47. The number of nitrogens with zero attached hydrogens (tertiary/aromatic N) is 2. The van der Waals surface area contributed by atoms with Crippen LogP contribution in [-0.2, 0) is 17.2 Å². The fraction of sp³-hybridized carbons (Fsp3) is 0.562. The number of ether oxygens (including phenoxy) is 2. The normalized spacial score (nSPS) is 11.2. The molecule has 0 fully saturated rings. The van der Waals surface area contributed by atoms with Crippen LogP contribution in [0.25, 0.3) is 11.0 Å². The van der Waals surface area contributed by atoms with Gasteiger partial charge in [-0.3, -0.25) is 0 Å². The summed E-state index contributed by atoms with van der Waals surface area (Å²) in [5, 5.41) is 0. The summed E-state index contributed by atoms with van der Waals surface area (Å²) in [5.41, 5.74) is 2.02. The lowest BCUT2D eigenvalue weighted by Crippen LogP contribution is -2.06. The van der Waals surface area contributed by atoms with Crippen molar-refractivity contribution in [3.8, 4) is 5.75 Å². The standard InChI is InChI=1S/C16H23ClN2O2/c1-3-4-9-21-10-5-8-19-15-11-13(20-2)6-7-14(15)18-16(19)12-17/h6-7,11H,3-5,8-10,12H2,1-2H3. The molecule has 116 valence electrons. The lowest BCUT2D eigenvalue weighted by molar-refractivity contribution is 0.126. The second-order valence-electron chi connectivity index (χ2n) is 4.99. The van der Waals surface area contributed by atoms with Crippen LogP contribution >= 0.6 is 11.6 Å². The molecule has 21 heavy (non-hydrogen) atoms. The van der Waals surface area contributed by atoms with Gasteiger partial charge in [-0.05, 0) is 25.0 Å². The minimum Gasteiger partial charge on any atom is -0.497 e. The lowest BCUT2D eigenvalue weighted by Gasteiger charge is -2.09. The number of hydrogen-bond acceptors (Lipinski definition) is 3. The van der Waals surface area contributed by atoms with Crippen molar-refractivity contribution < 1.29 is 9.47 Å². The number of fused-ring (bicyclic) bond motifs is 1. The van der Waals surface area contributed by atoms with E-state index in [1.807, 2.05) is 18.2 Å². The van der Waals surface area contributed by atoms with E-state index < -0.39 is 0 Å². The molecule has 0 spiro atoms. The summed E-state index contributed by atoms with van der Waals surface area (Å²) in [7, 11) is 1.67. The van der Waals surface area contributed by atoms with Gasteiger partial charge in [0.1, 0.15) is 11.6 Å². The average Bonchev–Trinajstić information content (AvgIpc) is 2.87. The van der Waals surface area contributed by atoms with Gasteiger partial charge in [-0.25, -0.2) is 4.98 Å². The van der Waals surface area contributed by atoms with Crippen molar-refractivity contribution >= 4 is 22.6 Å². The molecule has 1 aromatic carbocycles. The fourth-order valence-electron chi connectivity index (χ4n) is 2.30. The maximum Gasteiger partial charge on any atom is 0.124 e. The number of alkyl halides is 1. The lowest BCUT2D eigenvalue weighted by atomic mass is 10.3. The maximum absolute atomic E-state index is 6.01. The van der Waals surface area contributed by atoms with E-state index in [-0.39, 0.29) is 0 Å². The smallest absolute Gasteiger partial charge is 0.124 e. The van der Waals surface area contributed by atoms with Crippen LogP contribution in [0.4, 0.5) is 0 Å². The average molecular weight is 311 g/mol. The Morgan fingerprint density at radius 3 is 2.76 bits per heavy atom. The molecule has 2 aromatic rings. The molecule has 0 aliphatic rings. The highest BCUT2D eigenvalue weighted by atomic mass is 35.5. The molecule has 0 atom stereocenters. The van der Waals surface area contributed by atoms with Gasteiger partial charge in [0.2, 0.25) is 0 Å². The largest absolute Gasteiger partial charge is 0.497 e. The number of aromatic nitrogens is 2. The Morgan fingerprint density at radius 2 is 2.05 bits per heavy atom. The van der Waals surface area contributed by atoms with Crippen molar-refractivity contribution in [1.82, 2.24) is 9.55 Å². The SMILES string of the molecule is CCCCOCCCn1c(CCl)nc2ccc(OC)cc21. The van der Waals surface area contributed by atoms with E-state index in [4.69, 9.17) is 21.1 Å². The van der Waals surface area contributed by atoms with Crippen LogP contribution in [0, 0.1) is 0 Å². The highest BCUT2D eigenvalue weighted by Gasteiger charge is 2.10. The van der Waals surface area contributed by atoms with E-state index in [0.29, 0.717) is 5.88 Å². The first kappa shape index (κ1) is 16.1. The van der Waals surface area contributed by atoms with Gasteiger partial charge in [0.05, 0.1) is 24.0 Å². The van der Waals surface area contributed by atoms with Gasteiger partial charge in [-0.1, -0.05) is 13.3 Å². The first-order chi connectivity index (χ1) is 10.3. The molecule has 0 radical (unpaired) electrons. The predicted octanol–water partition coefficient (Wildman–Crippen LogP) is 3.99. The van der Waals surface area contributed by atoms with Gasteiger partial charge >= 0.3 is 0 Å². The Balaban J connectivity index is 2.05. The molecular weight excluding hydrogens is 288 g/mol. The Morgan fingerprint density at radius 1 is 1.24 bits per heavy atom. The van der Waals surface area contributed by atoms with E-state index in [1.54, 1.807) is 7.11 Å². The monoisotopic (exact) mass is 310 g/mol. The summed E-state index contributed by atoms with van der Waals surface area (Å²) in [4.78, 5) is 4.57. The zero-order valence-electron chi connectivity index (χ0n) is 12.8. The van der Waals surface area contributed by atoms with E-state index in [9.17, 15) is 0 Å². The number of hydrogen-bond donors (Lipinski definition) is 0. The van der Waals surface area contributed by atoms with Crippen LogP contribution in [0.15, 0.2) is 18.2 Å². The number of aryl methyl sites for hydroxylation is 1. The molecule has 0 aliphatic carbocycles. The van der Waals surface area contributed by atoms with Gasteiger partial charge in [-0.15, -0.1) is 11.6 Å². The Labute approximate surface area is 131 Å². The first-order valence-corrected chi connectivity index (χ1v) is 8.00. The van der Waals surface area contributed by atoms with E-state index in [1.165, 1.54) is 6.42 Å². The number of benzene rings is 1.